The number of hydrogen-bond acceptors (Lipinski definition) is 8. The predicted octanol–water partition coefficient (Wildman–Crippen LogP) is 14.3. The number of hydrogen-bond donors (Lipinski definition) is 6. The lowest BCUT2D eigenvalue weighted by atomic mass is 9.99. The van der Waals surface area contributed by atoms with Crippen LogP contribution in [0.1, 0.15) is 258 Å². The van der Waals surface area contributed by atoms with Crippen LogP contribution in [0, 0.1) is 0 Å². The Kier molecular flexibility index (Phi) is 46.5. The van der Waals surface area contributed by atoms with Crippen molar-refractivity contribution in [2.75, 3.05) is 13.2 Å². The zero-order valence-electron chi connectivity index (χ0n) is 44.6. The van der Waals surface area contributed by atoms with Gasteiger partial charge < -0.3 is 40.3 Å². The molecule has 402 valence electrons. The van der Waals surface area contributed by atoms with E-state index in [1.165, 1.54) is 148 Å². The molecule has 1 fully saturated rings. The fraction of sp³-hybridized carbons (Fsp3) is 0.817. The van der Waals surface area contributed by atoms with Crippen molar-refractivity contribution in [2.24, 2.45) is 0 Å². The molecule has 0 aromatic rings. The molecule has 9 nitrogen and oxygen atoms in total. The minimum absolute atomic E-state index is 0.138. The molecule has 0 aliphatic carbocycles. The summed E-state index contributed by atoms with van der Waals surface area (Å²) in [4.78, 5) is 12.9. The first-order valence-corrected chi connectivity index (χ1v) is 29.0. The molecule has 7 unspecified atom stereocenters. The van der Waals surface area contributed by atoms with Gasteiger partial charge in [-0.1, -0.05) is 254 Å². The van der Waals surface area contributed by atoms with Crippen LogP contribution in [-0.2, 0) is 14.3 Å². The second kappa shape index (κ2) is 49.5. The summed E-state index contributed by atoms with van der Waals surface area (Å²) in [6.45, 7) is 3.63. The van der Waals surface area contributed by atoms with Gasteiger partial charge in [-0.25, -0.2) is 0 Å². The number of unbranched alkanes of at least 4 members (excludes halogenated alkanes) is 29. The highest BCUT2D eigenvalue weighted by Gasteiger charge is 2.44. The quantitative estimate of drug-likeness (QED) is 0.0261. The number of amides is 1. The van der Waals surface area contributed by atoms with E-state index in [1.54, 1.807) is 0 Å². The van der Waals surface area contributed by atoms with E-state index in [-0.39, 0.29) is 12.5 Å². The van der Waals surface area contributed by atoms with Crippen LogP contribution in [0.5, 0.6) is 0 Å². The lowest BCUT2D eigenvalue weighted by Crippen LogP contribution is -2.60. The fourth-order valence-electron chi connectivity index (χ4n) is 9.07. The first-order chi connectivity index (χ1) is 33.8. The number of aliphatic hydroxyl groups excluding tert-OH is 5. The van der Waals surface area contributed by atoms with Crippen molar-refractivity contribution < 1.29 is 39.8 Å². The Labute approximate surface area is 424 Å². The molecular formula is C60H109NO8. The van der Waals surface area contributed by atoms with Crippen molar-refractivity contribution in [1.29, 1.82) is 0 Å². The normalized spacial score (nSPS) is 19.9. The molecular weight excluding hydrogens is 863 g/mol. The molecule has 1 rings (SSSR count). The number of carbonyl (C=O) groups is 1. The first kappa shape index (κ1) is 64.9. The van der Waals surface area contributed by atoms with Gasteiger partial charge in [-0.2, -0.15) is 0 Å². The SMILES string of the molecule is CC/C=C\C/C=C\C/C=C\C/C=C\C/C=C\CCCCCCCCCCCCCCCCCCCCCCCCCCCC(=O)NC(COC1OC(CO)C(O)C(O)C1O)C(O)CCCCCCC. The van der Waals surface area contributed by atoms with Crippen molar-refractivity contribution in [1.82, 2.24) is 5.32 Å². The van der Waals surface area contributed by atoms with E-state index >= 15 is 0 Å². The molecule has 1 amide bonds. The molecule has 0 bridgehead atoms. The maximum Gasteiger partial charge on any atom is 0.220 e. The van der Waals surface area contributed by atoms with Gasteiger partial charge >= 0.3 is 0 Å². The van der Waals surface area contributed by atoms with E-state index in [9.17, 15) is 30.3 Å². The molecule has 1 heterocycles. The van der Waals surface area contributed by atoms with Crippen molar-refractivity contribution in [2.45, 2.75) is 301 Å². The van der Waals surface area contributed by atoms with Crippen LogP contribution in [0.25, 0.3) is 0 Å². The maximum absolute atomic E-state index is 12.9. The summed E-state index contributed by atoms with van der Waals surface area (Å²) in [5.41, 5.74) is 0. The van der Waals surface area contributed by atoms with Gasteiger partial charge in [0.2, 0.25) is 5.91 Å². The maximum atomic E-state index is 12.9. The average molecular weight is 973 g/mol. The number of carbonyl (C=O) groups excluding carboxylic acids is 1. The molecule has 0 aromatic heterocycles. The van der Waals surface area contributed by atoms with Crippen LogP contribution in [0.2, 0.25) is 0 Å². The molecule has 9 heteroatoms. The molecule has 1 saturated heterocycles. The summed E-state index contributed by atoms with van der Waals surface area (Å²) in [6.07, 6.45) is 60.6. The summed E-state index contributed by atoms with van der Waals surface area (Å²) in [6, 6.07) is -0.713. The molecule has 0 spiro atoms. The van der Waals surface area contributed by atoms with Gasteiger partial charge in [-0.15, -0.1) is 0 Å². The topological polar surface area (TPSA) is 149 Å². The second-order valence-corrected chi connectivity index (χ2v) is 20.1. The third-order valence-corrected chi connectivity index (χ3v) is 13.6. The van der Waals surface area contributed by atoms with E-state index in [0.717, 1.165) is 83.5 Å². The van der Waals surface area contributed by atoms with Crippen LogP contribution in [0.15, 0.2) is 60.8 Å². The molecule has 0 radical (unpaired) electrons. The minimum Gasteiger partial charge on any atom is -0.394 e. The Morgan fingerprint density at radius 2 is 0.899 bits per heavy atom. The van der Waals surface area contributed by atoms with Crippen LogP contribution in [0.3, 0.4) is 0 Å². The van der Waals surface area contributed by atoms with E-state index in [0.29, 0.717) is 12.8 Å². The monoisotopic (exact) mass is 972 g/mol. The van der Waals surface area contributed by atoms with E-state index in [1.807, 2.05) is 0 Å². The van der Waals surface area contributed by atoms with Crippen molar-refractivity contribution >= 4 is 5.91 Å². The Morgan fingerprint density at radius 1 is 0.507 bits per heavy atom. The van der Waals surface area contributed by atoms with Crippen LogP contribution < -0.4 is 5.32 Å². The largest absolute Gasteiger partial charge is 0.394 e. The summed E-state index contributed by atoms with van der Waals surface area (Å²) in [5.74, 6) is -0.148. The zero-order valence-corrected chi connectivity index (χ0v) is 44.6. The standard InChI is InChI=1S/C60H109NO8/c1-3-5-7-9-10-11-12-13-14-15-16-17-18-19-20-21-22-23-24-25-26-27-28-29-30-31-32-33-34-35-36-37-38-39-40-41-42-43-44-46-48-50-56(64)61-53(54(63)49-47-45-8-6-4-2)52-68-60-59(67)58(66)57(65)55(51-62)69-60/h5,7,10-11,13-14,16-17,19-20,53-55,57-60,62-63,65-67H,3-4,6,8-9,12,15,18,21-52H2,1-2H3,(H,61,64)/b7-5-,11-10-,14-13-,17-16-,20-19-. The van der Waals surface area contributed by atoms with Gasteiger partial charge in [-0.3, -0.25) is 4.79 Å². The highest BCUT2D eigenvalue weighted by molar-refractivity contribution is 5.76. The number of ether oxygens (including phenoxy) is 2. The van der Waals surface area contributed by atoms with Crippen molar-refractivity contribution in [3.8, 4) is 0 Å². The molecule has 1 aliphatic heterocycles. The van der Waals surface area contributed by atoms with E-state index in [2.05, 4.69) is 79.9 Å². The Hall–Kier alpha value is -2.11. The molecule has 0 saturated carbocycles. The van der Waals surface area contributed by atoms with Gasteiger partial charge in [0, 0.05) is 6.42 Å². The summed E-state index contributed by atoms with van der Waals surface area (Å²) < 4.78 is 11.2. The molecule has 69 heavy (non-hydrogen) atoms. The lowest BCUT2D eigenvalue weighted by molar-refractivity contribution is -0.302. The zero-order chi connectivity index (χ0) is 50.1. The summed E-state index contributed by atoms with van der Waals surface area (Å²) in [5, 5.41) is 54.0. The van der Waals surface area contributed by atoms with Crippen LogP contribution >= 0.6 is 0 Å². The average Bonchev–Trinajstić information content (AvgIpc) is 3.35. The van der Waals surface area contributed by atoms with Gasteiger partial charge in [0.05, 0.1) is 25.4 Å². The smallest absolute Gasteiger partial charge is 0.220 e. The predicted molar refractivity (Wildman–Crippen MR) is 290 cm³/mol. The Bertz CT molecular complexity index is 1270. The van der Waals surface area contributed by atoms with Gasteiger partial charge in [0.15, 0.2) is 6.29 Å². The molecule has 7 atom stereocenters. The summed E-state index contributed by atoms with van der Waals surface area (Å²) in [7, 11) is 0. The van der Waals surface area contributed by atoms with E-state index in [4.69, 9.17) is 9.47 Å². The van der Waals surface area contributed by atoms with Gasteiger partial charge in [-0.05, 0) is 57.8 Å². The molecule has 6 N–H and O–H groups in total. The summed E-state index contributed by atoms with van der Waals surface area (Å²) >= 11 is 0. The number of allylic oxidation sites excluding steroid dienone is 10. The highest BCUT2D eigenvalue weighted by Crippen LogP contribution is 2.23. The number of rotatable bonds is 49. The molecule has 1 aliphatic rings. The number of aliphatic hydroxyl groups is 5. The third kappa shape index (κ3) is 39.1. The van der Waals surface area contributed by atoms with Gasteiger partial charge in [0.25, 0.3) is 0 Å². The van der Waals surface area contributed by atoms with Crippen LogP contribution in [0.4, 0.5) is 0 Å². The van der Waals surface area contributed by atoms with Crippen LogP contribution in [-0.4, -0.2) is 87.5 Å². The fourth-order valence-corrected chi connectivity index (χ4v) is 9.07. The minimum atomic E-state index is -1.55. The second-order valence-electron chi connectivity index (χ2n) is 20.1. The van der Waals surface area contributed by atoms with Gasteiger partial charge in [0.1, 0.15) is 24.4 Å². The Balaban J connectivity index is 1.92. The number of nitrogens with one attached hydrogen (secondary N) is 1. The third-order valence-electron chi connectivity index (χ3n) is 13.6. The first-order valence-electron chi connectivity index (χ1n) is 29.0. The van der Waals surface area contributed by atoms with Crippen molar-refractivity contribution in [3.63, 3.8) is 0 Å². The van der Waals surface area contributed by atoms with Crippen molar-refractivity contribution in [3.05, 3.63) is 60.8 Å². The lowest BCUT2D eigenvalue weighted by Gasteiger charge is -2.40. The highest BCUT2D eigenvalue weighted by atomic mass is 16.7. The Morgan fingerprint density at radius 3 is 1.33 bits per heavy atom. The van der Waals surface area contributed by atoms with E-state index < -0.39 is 49.5 Å². The molecule has 0 aromatic carbocycles.